The fourth-order valence-corrected chi connectivity index (χ4v) is 2.50. The van der Waals surface area contributed by atoms with Gasteiger partial charge in [-0.1, -0.05) is 0 Å². The molecule has 0 amide bonds. The molecule has 3 atom stereocenters. The Hall–Kier alpha value is -0.650. The molecule has 0 bridgehead atoms. The molecule has 98 valence electrons. The number of aliphatic carboxylic acids is 1. The predicted octanol–water partition coefficient (Wildman–Crippen LogP) is 0.288. The van der Waals surface area contributed by atoms with Gasteiger partial charge in [-0.15, -0.1) is 0 Å². The zero-order chi connectivity index (χ0) is 12.6. The van der Waals surface area contributed by atoms with Crippen molar-refractivity contribution < 1.29 is 14.6 Å². The fraction of sp³-hybridized carbons (Fsp3) is 0.917. The second kappa shape index (κ2) is 4.55. The van der Waals surface area contributed by atoms with Crippen LogP contribution in [0.2, 0.25) is 0 Å². The minimum atomic E-state index is -1.08. The Morgan fingerprint density at radius 2 is 2.18 bits per heavy atom. The summed E-state index contributed by atoms with van der Waals surface area (Å²) >= 11 is 0. The van der Waals surface area contributed by atoms with Crippen molar-refractivity contribution in [1.82, 2.24) is 4.90 Å². The molecule has 0 aromatic rings. The van der Waals surface area contributed by atoms with Crippen LogP contribution in [0.25, 0.3) is 0 Å². The number of hydrogen-bond donors (Lipinski definition) is 2. The molecule has 5 heteroatoms. The summed E-state index contributed by atoms with van der Waals surface area (Å²) < 4.78 is 5.54. The van der Waals surface area contributed by atoms with Gasteiger partial charge in [0.05, 0.1) is 12.7 Å². The van der Waals surface area contributed by atoms with Crippen molar-refractivity contribution in [3.05, 3.63) is 0 Å². The third-order valence-corrected chi connectivity index (χ3v) is 3.91. The van der Waals surface area contributed by atoms with E-state index in [1.807, 2.05) is 6.92 Å². The molecule has 3 N–H and O–H groups in total. The molecule has 2 rings (SSSR count). The van der Waals surface area contributed by atoms with Crippen molar-refractivity contribution in [3.8, 4) is 0 Å². The van der Waals surface area contributed by atoms with Crippen LogP contribution in [0.1, 0.15) is 26.7 Å². The molecule has 0 spiro atoms. The number of carbonyl (C=O) groups is 1. The van der Waals surface area contributed by atoms with Crippen molar-refractivity contribution in [1.29, 1.82) is 0 Å². The maximum Gasteiger partial charge on any atom is 0.325 e. The normalized spacial score (nSPS) is 34.3. The summed E-state index contributed by atoms with van der Waals surface area (Å²) in [5.41, 5.74) is 5.02. The molecule has 1 heterocycles. The first kappa shape index (κ1) is 12.8. The topological polar surface area (TPSA) is 75.8 Å². The van der Waals surface area contributed by atoms with Crippen LogP contribution in [-0.4, -0.2) is 53.4 Å². The first-order valence-electron chi connectivity index (χ1n) is 6.31. The van der Waals surface area contributed by atoms with Gasteiger partial charge in [0, 0.05) is 19.1 Å². The lowest BCUT2D eigenvalue weighted by Crippen LogP contribution is -2.61. The summed E-state index contributed by atoms with van der Waals surface area (Å²) in [4.78, 5) is 13.5. The lowest BCUT2D eigenvalue weighted by molar-refractivity contribution is -0.146. The van der Waals surface area contributed by atoms with Gasteiger partial charge in [0.2, 0.25) is 0 Å². The number of morpholine rings is 1. The third-order valence-electron chi connectivity index (χ3n) is 3.91. The van der Waals surface area contributed by atoms with Gasteiger partial charge >= 0.3 is 5.97 Å². The van der Waals surface area contributed by atoms with E-state index in [0.717, 1.165) is 19.4 Å². The smallest absolute Gasteiger partial charge is 0.325 e. The van der Waals surface area contributed by atoms with Gasteiger partial charge in [0.25, 0.3) is 0 Å². The van der Waals surface area contributed by atoms with Crippen LogP contribution in [0.4, 0.5) is 0 Å². The number of ether oxygens (including phenoxy) is 1. The molecule has 1 saturated carbocycles. The standard InChI is InChI=1S/C12H22N2O3/c1-8-6-17-9(2)5-14(8)7-12(13,11(15)16)10-3-4-10/h8-10H,3-7,13H2,1-2H3,(H,15,16). The number of rotatable bonds is 4. The molecule has 3 unspecified atom stereocenters. The summed E-state index contributed by atoms with van der Waals surface area (Å²) in [6.07, 6.45) is 2.04. The molecule has 0 aromatic carbocycles. The van der Waals surface area contributed by atoms with Crippen LogP contribution >= 0.6 is 0 Å². The highest BCUT2D eigenvalue weighted by Crippen LogP contribution is 2.39. The fourth-order valence-electron chi connectivity index (χ4n) is 2.50. The Morgan fingerprint density at radius 1 is 1.53 bits per heavy atom. The van der Waals surface area contributed by atoms with Crippen molar-refractivity contribution in [2.75, 3.05) is 19.7 Å². The zero-order valence-electron chi connectivity index (χ0n) is 10.6. The highest BCUT2D eigenvalue weighted by Gasteiger charge is 2.49. The van der Waals surface area contributed by atoms with Gasteiger partial charge in [0.1, 0.15) is 5.54 Å². The second-order valence-corrected chi connectivity index (χ2v) is 5.54. The minimum Gasteiger partial charge on any atom is -0.480 e. The van der Waals surface area contributed by atoms with E-state index in [9.17, 15) is 9.90 Å². The van der Waals surface area contributed by atoms with E-state index in [1.165, 1.54) is 0 Å². The van der Waals surface area contributed by atoms with E-state index < -0.39 is 11.5 Å². The van der Waals surface area contributed by atoms with Gasteiger partial charge in [-0.3, -0.25) is 9.69 Å². The van der Waals surface area contributed by atoms with Gasteiger partial charge in [-0.2, -0.15) is 0 Å². The monoisotopic (exact) mass is 242 g/mol. The van der Waals surface area contributed by atoms with Crippen LogP contribution < -0.4 is 5.73 Å². The molecule has 17 heavy (non-hydrogen) atoms. The highest BCUT2D eigenvalue weighted by atomic mass is 16.5. The SMILES string of the molecule is CC1CN(CC(N)(C(=O)O)C2CC2)C(C)CO1. The van der Waals surface area contributed by atoms with Crippen molar-refractivity contribution in [2.24, 2.45) is 11.7 Å². The van der Waals surface area contributed by atoms with Crippen LogP contribution in [0, 0.1) is 5.92 Å². The Morgan fingerprint density at radius 3 is 2.71 bits per heavy atom. The largest absolute Gasteiger partial charge is 0.480 e. The molecular weight excluding hydrogens is 220 g/mol. The van der Waals surface area contributed by atoms with E-state index in [-0.39, 0.29) is 18.1 Å². The Bertz CT molecular complexity index is 306. The van der Waals surface area contributed by atoms with Crippen LogP contribution in [0.15, 0.2) is 0 Å². The molecule has 2 fully saturated rings. The van der Waals surface area contributed by atoms with Gasteiger partial charge < -0.3 is 15.6 Å². The first-order valence-corrected chi connectivity index (χ1v) is 6.31. The lowest BCUT2D eigenvalue weighted by Gasteiger charge is -2.40. The molecule has 0 radical (unpaired) electrons. The lowest BCUT2D eigenvalue weighted by atomic mass is 9.93. The van der Waals surface area contributed by atoms with E-state index in [4.69, 9.17) is 10.5 Å². The summed E-state index contributed by atoms with van der Waals surface area (Å²) in [5.74, 6) is -0.725. The Labute approximate surface area is 102 Å². The molecular formula is C12H22N2O3. The van der Waals surface area contributed by atoms with E-state index in [1.54, 1.807) is 0 Å². The van der Waals surface area contributed by atoms with Gasteiger partial charge in [-0.25, -0.2) is 0 Å². The maximum absolute atomic E-state index is 11.4. The maximum atomic E-state index is 11.4. The summed E-state index contributed by atoms with van der Waals surface area (Å²) in [5, 5.41) is 9.34. The van der Waals surface area contributed by atoms with Crippen LogP contribution in [0.5, 0.6) is 0 Å². The van der Waals surface area contributed by atoms with E-state index in [0.29, 0.717) is 13.2 Å². The number of carboxylic acids is 1. The number of nitrogens with zero attached hydrogens (tertiary/aromatic N) is 1. The quantitative estimate of drug-likeness (QED) is 0.741. The summed E-state index contributed by atoms with van der Waals surface area (Å²) in [6.45, 7) is 5.92. The van der Waals surface area contributed by atoms with Crippen LogP contribution in [0.3, 0.4) is 0 Å². The van der Waals surface area contributed by atoms with Gasteiger partial charge in [0.15, 0.2) is 0 Å². The predicted molar refractivity (Wildman–Crippen MR) is 63.7 cm³/mol. The number of nitrogens with two attached hydrogens (primary N) is 1. The van der Waals surface area contributed by atoms with Crippen LogP contribution in [-0.2, 0) is 9.53 Å². The Kier molecular flexibility index (Phi) is 3.43. The highest BCUT2D eigenvalue weighted by molar-refractivity contribution is 5.79. The Balaban J connectivity index is 2.04. The minimum absolute atomic E-state index is 0.144. The van der Waals surface area contributed by atoms with Crippen molar-refractivity contribution >= 4 is 5.97 Å². The van der Waals surface area contributed by atoms with E-state index >= 15 is 0 Å². The molecule has 1 saturated heterocycles. The van der Waals surface area contributed by atoms with Crippen molar-refractivity contribution in [2.45, 2.75) is 44.4 Å². The first-order chi connectivity index (χ1) is 7.93. The number of hydrogen-bond acceptors (Lipinski definition) is 4. The number of carboxylic acid groups (broad SMARTS) is 1. The zero-order valence-corrected chi connectivity index (χ0v) is 10.6. The molecule has 1 aliphatic carbocycles. The molecule has 1 aliphatic heterocycles. The average Bonchev–Trinajstić information content (AvgIpc) is 3.06. The molecule has 0 aromatic heterocycles. The summed E-state index contributed by atoms with van der Waals surface area (Å²) in [7, 11) is 0. The van der Waals surface area contributed by atoms with E-state index in [2.05, 4.69) is 11.8 Å². The van der Waals surface area contributed by atoms with Crippen molar-refractivity contribution in [3.63, 3.8) is 0 Å². The average molecular weight is 242 g/mol. The second-order valence-electron chi connectivity index (χ2n) is 5.54. The van der Waals surface area contributed by atoms with Gasteiger partial charge in [-0.05, 0) is 32.6 Å². The summed E-state index contributed by atoms with van der Waals surface area (Å²) in [6, 6.07) is 0.243. The molecule has 5 nitrogen and oxygen atoms in total. The third kappa shape index (κ3) is 2.61. The molecule has 2 aliphatic rings.